The zero-order valence-electron chi connectivity index (χ0n) is 6.25. The number of benzene rings is 1. The van der Waals surface area contributed by atoms with Gasteiger partial charge in [-0.3, -0.25) is 5.06 Å². The van der Waals surface area contributed by atoms with Crippen molar-refractivity contribution in [2.45, 2.75) is 5.33 Å². The Balaban J connectivity index is 2.47. The Hall–Kier alpha value is -0.710. The minimum absolute atomic E-state index is 0.00567. The molecule has 0 radical (unpaired) electrons. The van der Waals surface area contributed by atoms with Gasteiger partial charge in [-0.25, -0.2) is 0 Å². The zero-order valence-corrected chi connectivity index (χ0v) is 7.84. The largest absolute Gasteiger partial charge is 0.623 e. The number of hydroxylamine groups is 1. The number of nitrogens with one attached hydrogen (secondary N) is 1. The normalized spacial score (nSPS) is 19.7. The van der Waals surface area contributed by atoms with E-state index in [0.717, 1.165) is 16.6 Å². The predicted molar refractivity (Wildman–Crippen MR) is 51.2 cm³/mol. The number of nitrogens with zero attached hydrogens (tertiary/aromatic N) is 1. The van der Waals surface area contributed by atoms with E-state index in [1.807, 2.05) is 18.2 Å². The van der Waals surface area contributed by atoms with Crippen molar-refractivity contribution in [2.75, 3.05) is 0 Å². The number of fused-ring (bicyclic) bond motifs is 1. The van der Waals surface area contributed by atoms with Crippen molar-refractivity contribution in [3.63, 3.8) is 0 Å². The van der Waals surface area contributed by atoms with Crippen LogP contribution in [-0.2, 0) is 5.33 Å². The van der Waals surface area contributed by atoms with Gasteiger partial charge in [0, 0.05) is 11.4 Å². The van der Waals surface area contributed by atoms with E-state index < -0.39 is 0 Å². The molecule has 12 heavy (non-hydrogen) atoms. The summed E-state index contributed by atoms with van der Waals surface area (Å²) in [6.45, 7) is 0. The average molecular weight is 227 g/mol. The Labute approximate surface area is 78.4 Å². The van der Waals surface area contributed by atoms with Crippen molar-refractivity contribution < 1.29 is 5.06 Å². The van der Waals surface area contributed by atoms with E-state index in [0.29, 0.717) is 5.69 Å². The molecule has 1 aromatic carbocycles. The van der Waals surface area contributed by atoms with E-state index in [1.54, 1.807) is 0 Å². The summed E-state index contributed by atoms with van der Waals surface area (Å²) < 4.78 is 0. The van der Waals surface area contributed by atoms with Gasteiger partial charge in [-0.1, -0.05) is 22.0 Å². The molecule has 4 heteroatoms. The van der Waals surface area contributed by atoms with Crippen molar-refractivity contribution in [1.29, 1.82) is 0 Å². The Bertz CT molecular complexity index is 338. The van der Waals surface area contributed by atoms with E-state index >= 15 is 0 Å². The maximum absolute atomic E-state index is 11.1. The quantitative estimate of drug-likeness (QED) is 0.569. The first-order valence-electron chi connectivity index (χ1n) is 3.58. The third kappa shape index (κ3) is 1.18. The maximum Gasteiger partial charge on any atom is 0.194 e. The Morgan fingerprint density at radius 3 is 3.08 bits per heavy atom. The molecular formula is C8H7BrN2O. The minimum Gasteiger partial charge on any atom is -0.623 e. The number of halogens is 1. The smallest absolute Gasteiger partial charge is 0.194 e. The fraction of sp³-hybridized carbons (Fsp3) is 0.125. The number of quaternary nitrogens is 1. The number of alkyl halides is 1. The molecule has 1 atom stereocenters. The number of rotatable bonds is 1. The van der Waals surface area contributed by atoms with Gasteiger partial charge >= 0.3 is 0 Å². The number of aliphatic imine (C=N–C) groups is 1. The lowest BCUT2D eigenvalue weighted by Gasteiger charge is -2.10. The molecule has 0 fully saturated rings. The molecule has 1 heterocycles. The molecule has 0 aliphatic carbocycles. The van der Waals surface area contributed by atoms with Gasteiger partial charge in [-0.15, -0.1) is 0 Å². The van der Waals surface area contributed by atoms with Gasteiger partial charge in [-0.05, 0) is 11.6 Å². The molecule has 1 aliphatic rings. The summed E-state index contributed by atoms with van der Waals surface area (Å²) in [7, 11) is 0. The molecule has 0 spiro atoms. The molecule has 1 N–H and O–H groups in total. The van der Waals surface area contributed by atoms with Crippen LogP contribution in [0.25, 0.3) is 0 Å². The molecular weight excluding hydrogens is 220 g/mol. The third-order valence-electron chi connectivity index (χ3n) is 1.80. The minimum atomic E-state index is 0.00567. The van der Waals surface area contributed by atoms with Gasteiger partial charge in [0.05, 0.1) is 0 Å². The fourth-order valence-corrected chi connectivity index (χ4v) is 1.52. The van der Waals surface area contributed by atoms with Crippen LogP contribution in [0.15, 0.2) is 23.2 Å². The second kappa shape index (κ2) is 2.97. The summed E-state index contributed by atoms with van der Waals surface area (Å²) in [4.78, 5) is 3.99. The SMILES string of the molecule is [O-][NH+]1C=Nc2cc(CBr)ccc21. The highest BCUT2D eigenvalue weighted by atomic mass is 79.9. The fourth-order valence-electron chi connectivity index (χ4n) is 1.17. The van der Waals surface area contributed by atoms with Gasteiger partial charge in [-0.2, -0.15) is 4.99 Å². The third-order valence-corrected chi connectivity index (χ3v) is 2.45. The number of hydrogen-bond donors (Lipinski definition) is 1. The van der Waals surface area contributed by atoms with Crippen LogP contribution in [0.2, 0.25) is 0 Å². The van der Waals surface area contributed by atoms with Gasteiger partial charge in [0.1, 0.15) is 5.69 Å². The van der Waals surface area contributed by atoms with Crippen LogP contribution < -0.4 is 5.06 Å². The Morgan fingerprint density at radius 2 is 2.33 bits per heavy atom. The van der Waals surface area contributed by atoms with Crippen LogP contribution in [-0.4, -0.2) is 6.34 Å². The molecule has 0 saturated heterocycles. The summed E-state index contributed by atoms with van der Waals surface area (Å²) >= 11 is 3.34. The van der Waals surface area contributed by atoms with E-state index in [9.17, 15) is 5.21 Å². The van der Waals surface area contributed by atoms with Crippen LogP contribution in [0.4, 0.5) is 11.4 Å². The number of hydrogen-bond acceptors (Lipinski definition) is 2. The summed E-state index contributed by atoms with van der Waals surface area (Å²) in [6.07, 6.45) is 1.36. The molecule has 0 bridgehead atoms. The highest BCUT2D eigenvalue weighted by Crippen LogP contribution is 2.25. The van der Waals surface area contributed by atoms with Crippen molar-refractivity contribution in [3.8, 4) is 0 Å². The highest BCUT2D eigenvalue weighted by molar-refractivity contribution is 9.08. The lowest BCUT2D eigenvalue weighted by molar-refractivity contribution is -0.655. The van der Waals surface area contributed by atoms with Crippen molar-refractivity contribution in [3.05, 3.63) is 29.0 Å². The van der Waals surface area contributed by atoms with Gasteiger partial charge in [0.2, 0.25) is 0 Å². The molecule has 0 saturated carbocycles. The topological polar surface area (TPSA) is 39.9 Å². The van der Waals surface area contributed by atoms with E-state index in [1.165, 1.54) is 6.34 Å². The summed E-state index contributed by atoms with van der Waals surface area (Å²) in [6, 6.07) is 5.67. The molecule has 0 aromatic heterocycles. The highest BCUT2D eigenvalue weighted by Gasteiger charge is 2.13. The molecule has 1 aliphatic heterocycles. The molecule has 1 unspecified atom stereocenters. The average Bonchev–Trinajstić information content (AvgIpc) is 2.47. The first-order valence-corrected chi connectivity index (χ1v) is 4.70. The van der Waals surface area contributed by atoms with Gasteiger partial charge in [0.15, 0.2) is 12.0 Å². The predicted octanol–water partition coefficient (Wildman–Crippen LogP) is 1.27. The lowest BCUT2D eigenvalue weighted by Crippen LogP contribution is -2.99. The molecule has 2 rings (SSSR count). The first-order chi connectivity index (χ1) is 5.81. The van der Waals surface area contributed by atoms with Crippen LogP contribution >= 0.6 is 15.9 Å². The summed E-state index contributed by atoms with van der Waals surface area (Å²) in [5.41, 5.74) is 2.64. The zero-order chi connectivity index (χ0) is 8.55. The van der Waals surface area contributed by atoms with E-state index in [4.69, 9.17) is 0 Å². The Morgan fingerprint density at radius 1 is 1.50 bits per heavy atom. The van der Waals surface area contributed by atoms with Crippen LogP contribution in [0.1, 0.15) is 5.56 Å². The molecule has 3 nitrogen and oxygen atoms in total. The van der Waals surface area contributed by atoms with Crippen molar-refractivity contribution >= 4 is 33.6 Å². The van der Waals surface area contributed by atoms with Gasteiger partial charge in [0.25, 0.3) is 0 Å². The summed E-state index contributed by atoms with van der Waals surface area (Å²) in [5, 5.41) is 11.9. The van der Waals surface area contributed by atoms with Crippen LogP contribution in [0, 0.1) is 5.21 Å². The van der Waals surface area contributed by atoms with Crippen molar-refractivity contribution in [1.82, 2.24) is 0 Å². The summed E-state index contributed by atoms with van der Waals surface area (Å²) in [5.74, 6) is 0. The Kier molecular flexibility index (Phi) is 1.96. The van der Waals surface area contributed by atoms with E-state index in [2.05, 4.69) is 20.9 Å². The van der Waals surface area contributed by atoms with Crippen LogP contribution in [0.3, 0.4) is 0 Å². The second-order valence-electron chi connectivity index (χ2n) is 2.61. The maximum atomic E-state index is 11.1. The molecule has 1 aromatic rings. The monoisotopic (exact) mass is 226 g/mol. The van der Waals surface area contributed by atoms with Crippen molar-refractivity contribution in [2.24, 2.45) is 4.99 Å². The first kappa shape index (κ1) is 7.91. The van der Waals surface area contributed by atoms with E-state index in [-0.39, 0.29) is 5.06 Å². The van der Waals surface area contributed by atoms with Crippen LogP contribution in [0.5, 0.6) is 0 Å². The second-order valence-corrected chi connectivity index (χ2v) is 3.17. The lowest BCUT2D eigenvalue weighted by atomic mass is 10.2. The molecule has 62 valence electrons. The molecule has 0 amide bonds. The standard InChI is InChI=1S/C8H7BrN2O/c9-4-6-1-2-8-7(3-6)10-5-11(8)12/h1-3,5,11H,4H2. The van der Waals surface area contributed by atoms with Gasteiger partial charge < -0.3 is 5.21 Å².